The first kappa shape index (κ1) is 22.3. The van der Waals surface area contributed by atoms with Crippen LogP contribution in [0.4, 0.5) is 13.2 Å². The van der Waals surface area contributed by atoms with Gasteiger partial charge in [-0.05, 0) is 66.8 Å². The number of piperidine rings is 1. The number of likely N-dealkylation sites (tertiary alicyclic amines) is 1. The number of hydrogen-bond donors (Lipinski definition) is 0. The molecule has 0 bridgehead atoms. The summed E-state index contributed by atoms with van der Waals surface area (Å²) >= 11 is 0. The van der Waals surface area contributed by atoms with E-state index in [4.69, 9.17) is 4.74 Å². The summed E-state index contributed by atoms with van der Waals surface area (Å²) in [5.74, 6) is 1.23. The van der Waals surface area contributed by atoms with Gasteiger partial charge in [-0.25, -0.2) is 0 Å². The van der Waals surface area contributed by atoms with Crippen LogP contribution in [0, 0.1) is 0 Å². The highest BCUT2D eigenvalue weighted by atomic mass is 19.4. The van der Waals surface area contributed by atoms with E-state index < -0.39 is 11.7 Å². The molecule has 2 heterocycles. The molecule has 1 aromatic heterocycles. The Morgan fingerprint density at radius 3 is 2.56 bits per heavy atom. The monoisotopic (exact) mass is 440 g/mol. The van der Waals surface area contributed by atoms with E-state index in [1.807, 2.05) is 24.3 Å². The molecule has 2 aromatic carbocycles. The summed E-state index contributed by atoms with van der Waals surface area (Å²) in [7, 11) is 1.68. The van der Waals surface area contributed by atoms with Crippen molar-refractivity contribution in [3.8, 4) is 5.75 Å². The van der Waals surface area contributed by atoms with Gasteiger partial charge in [0.15, 0.2) is 0 Å². The van der Waals surface area contributed by atoms with Crippen molar-refractivity contribution >= 4 is 0 Å². The minimum atomic E-state index is -4.32. The molecule has 1 fully saturated rings. The Hall–Kier alpha value is -2.86. The molecule has 0 radical (unpaired) electrons. The number of nitrogens with zero attached hydrogens (tertiary/aromatic N) is 2. The summed E-state index contributed by atoms with van der Waals surface area (Å²) in [5.41, 5.74) is 3.22. The Labute approximate surface area is 186 Å². The number of benzene rings is 2. The maximum atomic E-state index is 13.0. The molecule has 168 valence electrons. The van der Waals surface area contributed by atoms with Gasteiger partial charge in [0.25, 0.3) is 0 Å². The Bertz CT molecular complexity index is 1030. The Kier molecular flexibility index (Phi) is 6.80. The van der Waals surface area contributed by atoms with Gasteiger partial charge in [0.2, 0.25) is 0 Å². The van der Waals surface area contributed by atoms with E-state index in [0.717, 1.165) is 55.5 Å². The first-order valence-corrected chi connectivity index (χ1v) is 10.9. The summed E-state index contributed by atoms with van der Waals surface area (Å²) in [4.78, 5) is 7.12. The molecule has 0 N–H and O–H groups in total. The van der Waals surface area contributed by atoms with E-state index in [1.165, 1.54) is 17.7 Å². The predicted molar refractivity (Wildman–Crippen MR) is 119 cm³/mol. The quantitative estimate of drug-likeness (QED) is 0.465. The Morgan fingerprint density at radius 2 is 1.81 bits per heavy atom. The number of alkyl halides is 3. The fourth-order valence-corrected chi connectivity index (χ4v) is 4.34. The van der Waals surface area contributed by atoms with Crippen LogP contribution in [-0.2, 0) is 19.1 Å². The molecule has 0 aliphatic carbocycles. The second-order valence-corrected chi connectivity index (χ2v) is 8.39. The van der Waals surface area contributed by atoms with Crippen molar-refractivity contribution in [2.24, 2.45) is 0 Å². The molecular weight excluding hydrogens is 413 g/mol. The van der Waals surface area contributed by atoms with Crippen LogP contribution < -0.4 is 4.74 Å². The van der Waals surface area contributed by atoms with Crippen LogP contribution >= 0.6 is 0 Å². The molecule has 0 amide bonds. The van der Waals surface area contributed by atoms with Crippen molar-refractivity contribution in [1.82, 2.24) is 9.88 Å². The van der Waals surface area contributed by atoms with E-state index in [1.54, 1.807) is 19.4 Å². The van der Waals surface area contributed by atoms with Crippen LogP contribution in [0.25, 0.3) is 0 Å². The van der Waals surface area contributed by atoms with E-state index in [0.29, 0.717) is 17.9 Å². The number of ether oxygens (including phenoxy) is 1. The van der Waals surface area contributed by atoms with Gasteiger partial charge in [0, 0.05) is 30.9 Å². The average Bonchev–Trinajstić information content (AvgIpc) is 2.79. The van der Waals surface area contributed by atoms with Gasteiger partial charge in [0.05, 0.1) is 12.7 Å². The van der Waals surface area contributed by atoms with Crippen molar-refractivity contribution in [2.45, 2.75) is 37.9 Å². The third kappa shape index (κ3) is 5.68. The fourth-order valence-electron chi connectivity index (χ4n) is 4.34. The number of aromatic nitrogens is 1. The van der Waals surface area contributed by atoms with Gasteiger partial charge in [-0.15, -0.1) is 0 Å². The lowest BCUT2D eigenvalue weighted by atomic mass is 9.93. The van der Waals surface area contributed by atoms with Crippen LogP contribution in [-0.4, -0.2) is 30.1 Å². The van der Waals surface area contributed by atoms with Crippen molar-refractivity contribution in [1.29, 1.82) is 0 Å². The molecule has 1 atom stereocenters. The Balaban J connectivity index is 1.39. The highest BCUT2D eigenvalue weighted by Crippen LogP contribution is 2.30. The minimum absolute atomic E-state index is 0.358. The molecule has 3 nitrogen and oxygen atoms in total. The number of rotatable bonds is 6. The van der Waals surface area contributed by atoms with E-state index in [9.17, 15) is 13.2 Å². The van der Waals surface area contributed by atoms with Crippen molar-refractivity contribution in [3.63, 3.8) is 0 Å². The molecule has 1 aliphatic rings. The molecule has 32 heavy (non-hydrogen) atoms. The van der Waals surface area contributed by atoms with Crippen molar-refractivity contribution < 1.29 is 17.9 Å². The second-order valence-electron chi connectivity index (χ2n) is 8.39. The zero-order chi connectivity index (χ0) is 22.6. The van der Waals surface area contributed by atoms with Crippen LogP contribution in [0.15, 0.2) is 66.9 Å². The average molecular weight is 441 g/mol. The van der Waals surface area contributed by atoms with E-state index in [-0.39, 0.29) is 0 Å². The van der Waals surface area contributed by atoms with Gasteiger partial charge >= 0.3 is 6.18 Å². The highest BCUT2D eigenvalue weighted by molar-refractivity contribution is 5.31. The molecular formula is C26H27F3N2O. The zero-order valence-electron chi connectivity index (χ0n) is 18.1. The first-order chi connectivity index (χ1) is 15.4. The Morgan fingerprint density at radius 1 is 1.00 bits per heavy atom. The third-order valence-electron chi connectivity index (χ3n) is 5.97. The van der Waals surface area contributed by atoms with E-state index >= 15 is 0 Å². The summed E-state index contributed by atoms with van der Waals surface area (Å²) in [6.45, 7) is 2.87. The molecule has 6 heteroatoms. The van der Waals surface area contributed by atoms with Gasteiger partial charge in [-0.3, -0.25) is 9.88 Å². The van der Waals surface area contributed by atoms with Gasteiger partial charge < -0.3 is 4.74 Å². The maximum absolute atomic E-state index is 13.0. The molecule has 0 spiro atoms. The lowest BCUT2D eigenvalue weighted by molar-refractivity contribution is -0.137. The SMILES string of the molecule is COc1cccc(CN2CCC[C@H](c3ccc(Cc4cccc(C(F)(F)F)c4)cn3)C2)c1. The molecule has 3 aromatic rings. The minimum Gasteiger partial charge on any atom is -0.497 e. The second kappa shape index (κ2) is 9.74. The van der Waals surface area contributed by atoms with Gasteiger partial charge in [-0.2, -0.15) is 13.2 Å². The molecule has 0 unspecified atom stereocenters. The molecule has 1 saturated heterocycles. The maximum Gasteiger partial charge on any atom is 0.416 e. The molecule has 0 saturated carbocycles. The fraction of sp³-hybridized carbons (Fsp3) is 0.346. The number of hydrogen-bond acceptors (Lipinski definition) is 3. The topological polar surface area (TPSA) is 25.4 Å². The third-order valence-corrected chi connectivity index (χ3v) is 5.97. The lowest BCUT2D eigenvalue weighted by Gasteiger charge is -2.32. The van der Waals surface area contributed by atoms with E-state index in [2.05, 4.69) is 22.0 Å². The van der Waals surface area contributed by atoms with Crippen LogP contribution in [0.1, 0.15) is 46.7 Å². The van der Waals surface area contributed by atoms with Crippen LogP contribution in [0.5, 0.6) is 5.75 Å². The summed E-state index contributed by atoms with van der Waals surface area (Å²) in [6.07, 6.45) is 0.118. The van der Waals surface area contributed by atoms with Gasteiger partial charge in [0.1, 0.15) is 5.75 Å². The van der Waals surface area contributed by atoms with Crippen LogP contribution in [0.2, 0.25) is 0 Å². The summed E-state index contributed by atoms with van der Waals surface area (Å²) in [6, 6.07) is 17.7. The molecule has 1 aliphatic heterocycles. The van der Waals surface area contributed by atoms with Crippen molar-refractivity contribution in [3.05, 3.63) is 94.8 Å². The summed E-state index contributed by atoms with van der Waals surface area (Å²) < 4.78 is 44.2. The normalized spacial score (nSPS) is 17.3. The number of halogens is 3. The number of methoxy groups -OCH3 is 1. The summed E-state index contributed by atoms with van der Waals surface area (Å²) in [5, 5.41) is 0. The lowest BCUT2D eigenvalue weighted by Crippen LogP contribution is -2.34. The van der Waals surface area contributed by atoms with Crippen LogP contribution in [0.3, 0.4) is 0 Å². The predicted octanol–water partition coefficient (Wildman–Crippen LogP) is 6.08. The van der Waals surface area contributed by atoms with Crippen molar-refractivity contribution in [2.75, 3.05) is 20.2 Å². The standard InChI is InChI=1S/C26H27F3N2O/c1-32-24-9-3-6-21(15-24)17-31-12-4-7-22(18-31)25-11-10-20(16-30-25)13-19-5-2-8-23(14-19)26(27,28)29/h2-3,5-6,8-11,14-16,22H,4,7,12-13,17-18H2,1H3/t22-/m0/s1. The van der Waals surface area contributed by atoms with Gasteiger partial charge in [-0.1, -0.05) is 36.4 Å². The smallest absolute Gasteiger partial charge is 0.416 e. The number of pyridine rings is 1. The largest absolute Gasteiger partial charge is 0.497 e. The first-order valence-electron chi connectivity index (χ1n) is 10.9. The highest BCUT2D eigenvalue weighted by Gasteiger charge is 2.30. The zero-order valence-corrected chi connectivity index (χ0v) is 18.1. The molecule has 4 rings (SSSR count).